The lowest BCUT2D eigenvalue weighted by molar-refractivity contribution is 0.271. The number of nitrogens with zero attached hydrogens (tertiary/aromatic N) is 4. The molecule has 0 spiro atoms. The van der Waals surface area contributed by atoms with Gasteiger partial charge in [-0.25, -0.2) is 9.67 Å². The lowest BCUT2D eigenvalue weighted by Gasteiger charge is -2.06. The molecule has 0 unspecified atom stereocenters. The van der Waals surface area contributed by atoms with Crippen molar-refractivity contribution < 1.29 is 5.11 Å². The molecule has 1 aromatic carbocycles. The first kappa shape index (κ1) is 13.5. The van der Waals surface area contributed by atoms with Gasteiger partial charge in [-0.05, 0) is 12.5 Å². The fourth-order valence-electron chi connectivity index (χ4n) is 2.38. The molecule has 0 aliphatic carbocycles. The number of rotatable bonds is 4. The van der Waals surface area contributed by atoms with Crippen molar-refractivity contribution in [2.75, 3.05) is 6.61 Å². The second kappa shape index (κ2) is 5.49. The first-order valence-electron chi connectivity index (χ1n) is 6.76. The lowest BCUT2D eigenvalue weighted by Crippen LogP contribution is -2.21. The minimum absolute atomic E-state index is 0.0369. The van der Waals surface area contributed by atoms with Crippen molar-refractivity contribution in [1.82, 2.24) is 19.3 Å². The van der Waals surface area contributed by atoms with E-state index in [-0.39, 0.29) is 12.2 Å². The molecule has 6 heteroatoms. The molecule has 0 bridgehead atoms. The predicted molar refractivity (Wildman–Crippen MR) is 79.2 cm³/mol. The van der Waals surface area contributed by atoms with Crippen LogP contribution in [-0.4, -0.2) is 31.0 Å². The van der Waals surface area contributed by atoms with Crippen LogP contribution in [-0.2, 0) is 13.1 Å². The number of aryl methyl sites for hydroxylation is 1. The van der Waals surface area contributed by atoms with Crippen molar-refractivity contribution in [2.45, 2.75) is 20.0 Å². The van der Waals surface area contributed by atoms with E-state index in [0.29, 0.717) is 24.1 Å². The maximum absolute atomic E-state index is 12.4. The van der Waals surface area contributed by atoms with Crippen LogP contribution < -0.4 is 5.56 Å². The molecule has 3 rings (SSSR count). The van der Waals surface area contributed by atoms with Crippen LogP contribution in [0.1, 0.15) is 11.1 Å². The van der Waals surface area contributed by atoms with Gasteiger partial charge in [0.2, 0.25) is 0 Å². The third-order valence-corrected chi connectivity index (χ3v) is 3.37. The topological polar surface area (TPSA) is 72.9 Å². The number of fused-ring (bicyclic) bond motifs is 1. The maximum Gasteiger partial charge on any atom is 0.264 e. The summed E-state index contributed by atoms with van der Waals surface area (Å²) >= 11 is 0. The van der Waals surface area contributed by atoms with E-state index >= 15 is 0 Å². The Morgan fingerprint density at radius 2 is 2.19 bits per heavy atom. The SMILES string of the molecule is Cc1cccc(Cn2cnc3c(cnn3CCO)c2=O)c1. The molecule has 0 amide bonds. The summed E-state index contributed by atoms with van der Waals surface area (Å²) in [4.78, 5) is 16.7. The van der Waals surface area contributed by atoms with Gasteiger partial charge in [0, 0.05) is 0 Å². The smallest absolute Gasteiger partial charge is 0.264 e. The number of benzene rings is 1. The molecule has 0 aliphatic heterocycles. The Morgan fingerprint density at radius 3 is 2.95 bits per heavy atom. The van der Waals surface area contributed by atoms with E-state index < -0.39 is 0 Å². The van der Waals surface area contributed by atoms with Gasteiger partial charge >= 0.3 is 0 Å². The standard InChI is InChI=1S/C15H16N4O2/c1-11-3-2-4-12(7-11)9-18-10-16-14-13(15(18)21)8-17-19(14)5-6-20/h2-4,7-8,10,20H,5-6,9H2,1H3. The summed E-state index contributed by atoms with van der Waals surface area (Å²) in [6, 6.07) is 8.03. The molecule has 1 N–H and O–H groups in total. The Hall–Kier alpha value is -2.47. The molecule has 2 heterocycles. The number of aliphatic hydroxyl groups excluding tert-OH is 1. The van der Waals surface area contributed by atoms with Crippen LogP contribution in [0.3, 0.4) is 0 Å². The van der Waals surface area contributed by atoms with E-state index in [1.54, 1.807) is 4.57 Å². The zero-order valence-corrected chi connectivity index (χ0v) is 11.7. The molecule has 0 saturated carbocycles. The third kappa shape index (κ3) is 2.57. The Bertz CT molecular complexity index is 835. The summed E-state index contributed by atoms with van der Waals surface area (Å²) in [6.07, 6.45) is 3.04. The highest BCUT2D eigenvalue weighted by Gasteiger charge is 2.10. The van der Waals surface area contributed by atoms with Gasteiger partial charge < -0.3 is 5.11 Å². The number of hydrogen-bond donors (Lipinski definition) is 1. The van der Waals surface area contributed by atoms with E-state index in [4.69, 9.17) is 5.11 Å². The molecule has 0 fully saturated rings. The Balaban J connectivity index is 2.01. The van der Waals surface area contributed by atoms with Crippen molar-refractivity contribution in [1.29, 1.82) is 0 Å². The van der Waals surface area contributed by atoms with Crippen LogP contribution in [0.5, 0.6) is 0 Å². The van der Waals surface area contributed by atoms with Crippen molar-refractivity contribution in [2.24, 2.45) is 0 Å². The average Bonchev–Trinajstić information content (AvgIpc) is 2.87. The Morgan fingerprint density at radius 1 is 1.33 bits per heavy atom. The normalized spacial score (nSPS) is 11.1. The van der Waals surface area contributed by atoms with Crippen LogP contribution in [0.25, 0.3) is 11.0 Å². The zero-order valence-electron chi connectivity index (χ0n) is 11.7. The first-order valence-corrected chi connectivity index (χ1v) is 6.76. The summed E-state index contributed by atoms with van der Waals surface area (Å²) < 4.78 is 3.11. The fraction of sp³-hybridized carbons (Fsp3) is 0.267. The highest BCUT2D eigenvalue weighted by atomic mass is 16.3. The molecule has 0 atom stereocenters. The molecule has 0 radical (unpaired) electrons. The molecule has 2 aromatic heterocycles. The molecule has 3 aromatic rings. The van der Waals surface area contributed by atoms with Crippen molar-refractivity contribution >= 4 is 11.0 Å². The quantitative estimate of drug-likeness (QED) is 0.774. The van der Waals surface area contributed by atoms with Gasteiger partial charge in [-0.3, -0.25) is 9.36 Å². The molecule has 21 heavy (non-hydrogen) atoms. The van der Waals surface area contributed by atoms with Crippen LogP contribution in [0, 0.1) is 6.92 Å². The summed E-state index contributed by atoms with van der Waals surface area (Å²) in [6.45, 7) is 2.80. The monoisotopic (exact) mass is 284 g/mol. The van der Waals surface area contributed by atoms with Gasteiger partial charge in [0.15, 0.2) is 5.65 Å². The Kier molecular flexibility index (Phi) is 3.53. The summed E-state index contributed by atoms with van der Waals surface area (Å²) in [5.74, 6) is 0. The molecule has 108 valence electrons. The minimum atomic E-state index is -0.120. The van der Waals surface area contributed by atoms with E-state index in [0.717, 1.165) is 11.1 Å². The van der Waals surface area contributed by atoms with E-state index in [9.17, 15) is 4.79 Å². The summed E-state index contributed by atoms with van der Waals surface area (Å²) in [5, 5.41) is 13.5. The van der Waals surface area contributed by atoms with Gasteiger partial charge in [0.05, 0.1) is 25.9 Å². The van der Waals surface area contributed by atoms with Gasteiger partial charge in [0.25, 0.3) is 5.56 Å². The molecular formula is C15H16N4O2. The van der Waals surface area contributed by atoms with Crippen LogP contribution in [0.4, 0.5) is 0 Å². The number of aromatic nitrogens is 4. The van der Waals surface area contributed by atoms with E-state index in [1.165, 1.54) is 17.2 Å². The fourth-order valence-corrected chi connectivity index (χ4v) is 2.38. The lowest BCUT2D eigenvalue weighted by atomic mass is 10.1. The van der Waals surface area contributed by atoms with Gasteiger partial charge in [-0.15, -0.1) is 0 Å². The van der Waals surface area contributed by atoms with E-state index in [1.807, 2.05) is 31.2 Å². The highest BCUT2D eigenvalue weighted by molar-refractivity contribution is 5.72. The van der Waals surface area contributed by atoms with Crippen LogP contribution >= 0.6 is 0 Å². The summed E-state index contributed by atoms with van der Waals surface area (Å²) in [7, 11) is 0. The molecular weight excluding hydrogens is 268 g/mol. The number of aliphatic hydroxyl groups is 1. The molecule has 0 saturated heterocycles. The zero-order chi connectivity index (χ0) is 14.8. The largest absolute Gasteiger partial charge is 0.394 e. The van der Waals surface area contributed by atoms with Crippen LogP contribution in [0.2, 0.25) is 0 Å². The predicted octanol–water partition coefficient (Wildman–Crippen LogP) is 0.942. The average molecular weight is 284 g/mol. The first-order chi connectivity index (χ1) is 10.2. The second-order valence-corrected chi connectivity index (χ2v) is 5.00. The second-order valence-electron chi connectivity index (χ2n) is 5.00. The van der Waals surface area contributed by atoms with Gasteiger partial charge in [-0.1, -0.05) is 29.8 Å². The van der Waals surface area contributed by atoms with Crippen molar-refractivity contribution in [3.63, 3.8) is 0 Å². The number of hydrogen-bond acceptors (Lipinski definition) is 4. The van der Waals surface area contributed by atoms with Crippen molar-refractivity contribution in [3.05, 3.63) is 58.3 Å². The Labute approximate surface area is 121 Å². The minimum Gasteiger partial charge on any atom is -0.394 e. The molecule has 6 nitrogen and oxygen atoms in total. The molecule has 0 aliphatic rings. The summed E-state index contributed by atoms with van der Waals surface area (Å²) in [5.41, 5.74) is 2.60. The van der Waals surface area contributed by atoms with Gasteiger partial charge in [0.1, 0.15) is 11.7 Å². The van der Waals surface area contributed by atoms with Crippen molar-refractivity contribution in [3.8, 4) is 0 Å². The third-order valence-electron chi connectivity index (χ3n) is 3.37. The van der Waals surface area contributed by atoms with Crippen LogP contribution in [0.15, 0.2) is 41.6 Å². The van der Waals surface area contributed by atoms with Gasteiger partial charge in [-0.2, -0.15) is 5.10 Å². The van der Waals surface area contributed by atoms with E-state index in [2.05, 4.69) is 10.1 Å². The highest BCUT2D eigenvalue weighted by Crippen LogP contribution is 2.08. The maximum atomic E-state index is 12.4.